The first-order valence-corrected chi connectivity index (χ1v) is 8.54. The number of hydrogen-bond acceptors (Lipinski definition) is 4. The maximum atomic E-state index is 11.8. The summed E-state index contributed by atoms with van der Waals surface area (Å²) in [6.45, 7) is 3.49. The Hall–Kier alpha value is -2.53. The summed E-state index contributed by atoms with van der Waals surface area (Å²) < 4.78 is 5.28. The molecule has 0 atom stereocenters. The Labute approximate surface area is 143 Å². The van der Waals surface area contributed by atoms with Crippen molar-refractivity contribution in [2.45, 2.75) is 24.5 Å². The molecule has 3 aromatic rings. The van der Waals surface area contributed by atoms with E-state index in [4.69, 9.17) is 4.42 Å². The molecule has 5 heteroatoms. The molecular weight excluding hydrogens is 322 g/mol. The van der Waals surface area contributed by atoms with Crippen molar-refractivity contribution in [3.63, 3.8) is 0 Å². The van der Waals surface area contributed by atoms with E-state index in [2.05, 4.69) is 36.5 Å². The van der Waals surface area contributed by atoms with Crippen molar-refractivity contribution in [3.05, 3.63) is 70.1 Å². The Balaban J connectivity index is 1.90. The number of carbonyl (C=O) groups is 1. The summed E-state index contributed by atoms with van der Waals surface area (Å²) in [5.74, 6) is 0.507. The smallest absolute Gasteiger partial charge is 0.336 e. The van der Waals surface area contributed by atoms with Gasteiger partial charge in [-0.1, -0.05) is 17.7 Å². The number of nitrogens with one attached hydrogen (secondary N) is 1. The third kappa shape index (κ3) is 3.86. The molecule has 0 radical (unpaired) electrons. The van der Waals surface area contributed by atoms with E-state index in [0.29, 0.717) is 17.0 Å². The quantitative estimate of drug-likeness (QED) is 0.567. The third-order valence-electron chi connectivity index (χ3n) is 3.57. The highest BCUT2D eigenvalue weighted by atomic mass is 32.2. The van der Waals surface area contributed by atoms with Crippen LogP contribution in [0.2, 0.25) is 0 Å². The van der Waals surface area contributed by atoms with Gasteiger partial charge in [0.25, 0.3) is 0 Å². The molecular formula is C19H17NO3S. The van der Waals surface area contributed by atoms with Gasteiger partial charge in [-0.3, -0.25) is 4.79 Å². The lowest BCUT2D eigenvalue weighted by Gasteiger charge is -2.08. The molecule has 0 saturated heterocycles. The van der Waals surface area contributed by atoms with Gasteiger partial charge in [0, 0.05) is 40.8 Å². The molecule has 0 fully saturated rings. The van der Waals surface area contributed by atoms with E-state index in [9.17, 15) is 9.59 Å². The Morgan fingerprint density at radius 2 is 1.88 bits per heavy atom. The first kappa shape index (κ1) is 16.3. The van der Waals surface area contributed by atoms with Gasteiger partial charge in [0.05, 0.1) is 0 Å². The zero-order valence-electron chi connectivity index (χ0n) is 13.5. The van der Waals surface area contributed by atoms with E-state index in [0.717, 1.165) is 15.8 Å². The van der Waals surface area contributed by atoms with Gasteiger partial charge in [0.2, 0.25) is 5.91 Å². The van der Waals surface area contributed by atoms with Crippen molar-refractivity contribution in [1.82, 2.24) is 0 Å². The van der Waals surface area contributed by atoms with Gasteiger partial charge in [-0.2, -0.15) is 0 Å². The molecule has 0 aliphatic heterocycles. The van der Waals surface area contributed by atoms with E-state index in [1.807, 2.05) is 12.1 Å². The van der Waals surface area contributed by atoms with Crippen molar-refractivity contribution in [3.8, 4) is 0 Å². The van der Waals surface area contributed by atoms with Crippen LogP contribution in [0.15, 0.2) is 62.6 Å². The van der Waals surface area contributed by atoms with Gasteiger partial charge in [-0.15, -0.1) is 11.8 Å². The first-order chi connectivity index (χ1) is 11.5. The first-order valence-electron chi connectivity index (χ1n) is 7.55. The summed E-state index contributed by atoms with van der Waals surface area (Å²) in [5.41, 5.74) is 2.84. The van der Waals surface area contributed by atoms with E-state index < -0.39 is 0 Å². The summed E-state index contributed by atoms with van der Waals surface area (Å²) in [6.07, 6.45) is 0. The number of carbonyl (C=O) groups excluding carboxylic acids is 1. The second-order valence-electron chi connectivity index (χ2n) is 5.58. The fraction of sp³-hybridized carbons (Fsp3) is 0.158. The molecule has 3 rings (SSSR count). The van der Waals surface area contributed by atoms with Gasteiger partial charge in [0.1, 0.15) is 5.58 Å². The Morgan fingerprint density at radius 3 is 2.58 bits per heavy atom. The van der Waals surface area contributed by atoms with Crippen molar-refractivity contribution in [2.24, 2.45) is 0 Å². The van der Waals surface area contributed by atoms with Gasteiger partial charge in [0.15, 0.2) is 0 Å². The molecule has 0 aliphatic rings. The van der Waals surface area contributed by atoms with E-state index in [1.54, 1.807) is 17.8 Å². The molecule has 0 saturated carbocycles. The molecule has 1 N–H and O–H groups in total. The average Bonchev–Trinajstić information content (AvgIpc) is 2.53. The Bertz CT molecular complexity index is 945. The molecule has 122 valence electrons. The van der Waals surface area contributed by atoms with Crippen LogP contribution in [0.1, 0.15) is 18.1 Å². The van der Waals surface area contributed by atoms with Gasteiger partial charge in [-0.05, 0) is 36.8 Å². The predicted octanol–water partition coefficient (Wildman–Crippen LogP) is 4.35. The molecule has 1 aromatic heterocycles. The number of thioether (sulfide) groups is 1. The number of aryl methyl sites for hydroxylation is 1. The highest BCUT2D eigenvalue weighted by Gasteiger charge is 2.08. The van der Waals surface area contributed by atoms with Crippen LogP contribution in [-0.2, 0) is 10.5 Å². The average molecular weight is 339 g/mol. The number of anilines is 1. The van der Waals surface area contributed by atoms with Crippen molar-refractivity contribution in [1.29, 1.82) is 0 Å². The summed E-state index contributed by atoms with van der Waals surface area (Å²) in [4.78, 5) is 24.1. The largest absolute Gasteiger partial charge is 0.423 e. The maximum Gasteiger partial charge on any atom is 0.336 e. The van der Waals surface area contributed by atoms with Gasteiger partial charge < -0.3 is 9.73 Å². The van der Waals surface area contributed by atoms with Crippen LogP contribution < -0.4 is 10.9 Å². The topological polar surface area (TPSA) is 59.3 Å². The minimum atomic E-state index is -0.387. The van der Waals surface area contributed by atoms with Gasteiger partial charge in [-0.25, -0.2) is 4.79 Å². The lowest BCUT2D eigenvalue weighted by atomic mass is 10.1. The van der Waals surface area contributed by atoms with Gasteiger partial charge >= 0.3 is 5.63 Å². The molecule has 0 spiro atoms. The Morgan fingerprint density at radius 1 is 1.12 bits per heavy atom. The standard InChI is InChI=1S/C19H17NO3S/c1-12-3-6-16(7-4-12)24-11-14-9-19(22)23-18-10-15(20-13(2)21)5-8-17(14)18/h3-10H,11H2,1-2H3,(H,20,21). The lowest BCUT2D eigenvalue weighted by molar-refractivity contribution is -0.114. The van der Waals surface area contributed by atoms with Crippen LogP contribution in [0.25, 0.3) is 11.0 Å². The molecule has 2 aromatic carbocycles. The molecule has 0 aliphatic carbocycles. The second-order valence-corrected chi connectivity index (χ2v) is 6.63. The predicted molar refractivity (Wildman–Crippen MR) is 97.5 cm³/mol. The van der Waals surface area contributed by atoms with Crippen molar-refractivity contribution < 1.29 is 9.21 Å². The van der Waals surface area contributed by atoms with Crippen molar-refractivity contribution >= 4 is 34.3 Å². The maximum absolute atomic E-state index is 11.8. The van der Waals surface area contributed by atoms with Crippen LogP contribution >= 0.6 is 11.8 Å². The van der Waals surface area contributed by atoms with Crippen LogP contribution in [0.4, 0.5) is 5.69 Å². The summed E-state index contributed by atoms with van der Waals surface area (Å²) in [6, 6.07) is 15.2. The number of rotatable bonds is 4. The minimum absolute atomic E-state index is 0.164. The third-order valence-corrected chi connectivity index (χ3v) is 4.63. The SMILES string of the molecule is CC(=O)Nc1ccc2c(CSc3ccc(C)cc3)cc(=O)oc2c1. The second kappa shape index (κ2) is 6.93. The Kier molecular flexibility index (Phi) is 4.71. The van der Waals surface area contributed by atoms with E-state index in [1.165, 1.54) is 18.6 Å². The number of amides is 1. The van der Waals surface area contributed by atoms with Crippen LogP contribution in [0.5, 0.6) is 0 Å². The van der Waals surface area contributed by atoms with Crippen molar-refractivity contribution in [2.75, 3.05) is 5.32 Å². The number of fused-ring (bicyclic) bond motifs is 1. The fourth-order valence-electron chi connectivity index (χ4n) is 2.43. The molecule has 0 unspecified atom stereocenters. The fourth-order valence-corrected chi connectivity index (χ4v) is 3.32. The van der Waals surface area contributed by atoms with Crippen LogP contribution in [-0.4, -0.2) is 5.91 Å². The molecule has 24 heavy (non-hydrogen) atoms. The molecule has 1 amide bonds. The molecule has 1 heterocycles. The molecule has 0 bridgehead atoms. The summed E-state index contributed by atoms with van der Waals surface area (Å²) in [7, 11) is 0. The monoisotopic (exact) mass is 339 g/mol. The van der Waals surface area contributed by atoms with Crippen LogP contribution in [0.3, 0.4) is 0 Å². The molecule has 4 nitrogen and oxygen atoms in total. The zero-order valence-corrected chi connectivity index (χ0v) is 14.3. The lowest BCUT2D eigenvalue weighted by Crippen LogP contribution is -2.06. The minimum Gasteiger partial charge on any atom is -0.423 e. The zero-order chi connectivity index (χ0) is 17.1. The highest BCUT2D eigenvalue weighted by molar-refractivity contribution is 7.98. The summed E-state index contributed by atoms with van der Waals surface area (Å²) in [5, 5.41) is 3.57. The summed E-state index contributed by atoms with van der Waals surface area (Å²) >= 11 is 1.67. The normalized spacial score (nSPS) is 10.8. The number of hydrogen-bond donors (Lipinski definition) is 1. The number of benzene rings is 2. The van der Waals surface area contributed by atoms with E-state index in [-0.39, 0.29) is 11.5 Å². The van der Waals surface area contributed by atoms with E-state index >= 15 is 0 Å². The van der Waals surface area contributed by atoms with Crippen LogP contribution in [0, 0.1) is 6.92 Å². The highest BCUT2D eigenvalue weighted by Crippen LogP contribution is 2.28.